The molecule has 0 heterocycles. The zero-order valence-corrected chi connectivity index (χ0v) is 8.54. The quantitative estimate of drug-likeness (QED) is 0.581. The van der Waals surface area contributed by atoms with Gasteiger partial charge in [-0.05, 0) is 13.3 Å². The Morgan fingerprint density at radius 3 is 2.07 bits per heavy atom. The molecule has 0 aliphatic heterocycles. The maximum absolute atomic E-state index is 9.93. The summed E-state index contributed by atoms with van der Waals surface area (Å²) in [6.07, 6.45) is 4.24. The number of primary amides is 2. The molecule has 3 amide bonds. The van der Waals surface area contributed by atoms with Crippen molar-refractivity contribution in [2.75, 3.05) is 0 Å². The highest BCUT2D eigenvalue weighted by Crippen LogP contribution is 1.78. The maximum atomic E-state index is 9.93. The second-order valence-electron chi connectivity index (χ2n) is 2.46. The lowest BCUT2D eigenvalue weighted by molar-refractivity contribution is -0.114. The van der Waals surface area contributed by atoms with Crippen molar-refractivity contribution in [1.29, 1.82) is 0 Å². The third-order valence-corrected chi connectivity index (χ3v) is 1.000. The second kappa shape index (κ2) is 9.31. The lowest BCUT2D eigenvalue weighted by atomic mass is 10.3. The Kier molecular flexibility index (Phi) is 9.79. The monoisotopic (exact) mass is 199 g/mol. The molecule has 0 rings (SSSR count). The van der Waals surface area contributed by atoms with Crippen molar-refractivity contribution < 1.29 is 9.59 Å². The standard InChI is InChI=1S/C5H10N2O.C4H7NO/c1-2-3-4-7-5(6)8;1-3(2)4(5)6/h3-4H,2H2,1H3,(H3,6,7,8);1H2,2H3,(H2,5,6). The SMILES string of the molecule is C=C(C)C(N)=O.CCC=CNC(N)=O. The van der Waals surface area contributed by atoms with Gasteiger partial charge in [-0.15, -0.1) is 0 Å². The van der Waals surface area contributed by atoms with E-state index in [0.29, 0.717) is 5.57 Å². The van der Waals surface area contributed by atoms with E-state index in [1.54, 1.807) is 6.92 Å². The molecule has 5 heteroatoms. The van der Waals surface area contributed by atoms with Crippen LogP contribution in [-0.2, 0) is 4.79 Å². The van der Waals surface area contributed by atoms with Crippen molar-refractivity contribution in [3.05, 3.63) is 24.4 Å². The van der Waals surface area contributed by atoms with Crippen molar-refractivity contribution >= 4 is 11.9 Å². The van der Waals surface area contributed by atoms with Crippen LogP contribution in [-0.4, -0.2) is 11.9 Å². The van der Waals surface area contributed by atoms with E-state index >= 15 is 0 Å². The number of hydrogen-bond donors (Lipinski definition) is 3. The van der Waals surface area contributed by atoms with Gasteiger partial charge in [0.1, 0.15) is 0 Å². The lowest BCUT2D eigenvalue weighted by Gasteiger charge is -1.87. The topological polar surface area (TPSA) is 98.2 Å². The molecule has 5 N–H and O–H groups in total. The molecular weight excluding hydrogens is 182 g/mol. The van der Waals surface area contributed by atoms with E-state index in [-0.39, 0.29) is 0 Å². The zero-order valence-electron chi connectivity index (χ0n) is 8.54. The molecule has 5 nitrogen and oxygen atoms in total. The number of nitrogens with one attached hydrogen (secondary N) is 1. The highest BCUT2D eigenvalue weighted by Gasteiger charge is 1.86. The van der Waals surface area contributed by atoms with E-state index in [2.05, 4.69) is 11.9 Å². The molecule has 0 aromatic carbocycles. The first-order valence-corrected chi connectivity index (χ1v) is 4.08. The normalized spacial score (nSPS) is 8.71. The van der Waals surface area contributed by atoms with Gasteiger partial charge in [0.05, 0.1) is 0 Å². The highest BCUT2D eigenvalue weighted by atomic mass is 16.2. The van der Waals surface area contributed by atoms with Crippen molar-refractivity contribution in [3.8, 4) is 0 Å². The number of amides is 3. The molecule has 0 unspecified atom stereocenters. The van der Waals surface area contributed by atoms with Crippen LogP contribution in [0.1, 0.15) is 20.3 Å². The summed E-state index contributed by atoms with van der Waals surface area (Å²) in [5.74, 6) is -0.435. The van der Waals surface area contributed by atoms with Gasteiger partial charge in [-0.3, -0.25) is 4.79 Å². The summed E-state index contributed by atoms with van der Waals surface area (Å²) in [5.41, 5.74) is 9.83. The van der Waals surface area contributed by atoms with Gasteiger partial charge in [0, 0.05) is 11.8 Å². The number of carbonyl (C=O) groups excluding carboxylic acids is 2. The van der Waals surface area contributed by atoms with E-state index in [9.17, 15) is 9.59 Å². The average molecular weight is 199 g/mol. The van der Waals surface area contributed by atoms with Crippen LogP contribution in [0, 0.1) is 0 Å². The van der Waals surface area contributed by atoms with E-state index < -0.39 is 11.9 Å². The zero-order chi connectivity index (χ0) is 11.6. The first-order chi connectivity index (χ1) is 6.41. The summed E-state index contributed by atoms with van der Waals surface area (Å²) in [5, 5.41) is 2.30. The van der Waals surface area contributed by atoms with E-state index in [1.807, 2.05) is 13.0 Å². The summed E-state index contributed by atoms with van der Waals surface area (Å²) in [4.78, 5) is 19.8. The molecule has 0 aromatic rings. The molecule has 0 atom stereocenters. The predicted octanol–water partition coefficient (Wildman–Crippen LogP) is 0.626. The van der Waals surface area contributed by atoms with Crippen LogP contribution in [0.4, 0.5) is 4.79 Å². The van der Waals surface area contributed by atoms with Crippen LogP contribution in [0.2, 0.25) is 0 Å². The van der Waals surface area contributed by atoms with Crippen LogP contribution < -0.4 is 16.8 Å². The van der Waals surface area contributed by atoms with Crippen LogP contribution in [0.15, 0.2) is 24.4 Å². The third kappa shape index (κ3) is 16.7. The number of nitrogens with two attached hydrogens (primary N) is 2. The molecule has 0 bridgehead atoms. The molecule has 0 aliphatic carbocycles. The first-order valence-electron chi connectivity index (χ1n) is 4.08. The van der Waals surface area contributed by atoms with Crippen LogP contribution >= 0.6 is 0 Å². The molecule has 0 radical (unpaired) electrons. The van der Waals surface area contributed by atoms with Crippen LogP contribution in [0.3, 0.4) is 0 Å². The van der Waals surface area contributed by atoms with Crippen LogP contribution in [0.25, 0.3) is 0 Å². The van der Waals surface area contributed by atoms with Gasteiger partial charge in [-0.1, -0.05) is 19.6 Å². The van der Waals surface area contributed by atoms with Gasteiger partial charge in [-0.25, -0.2) is 4.79 Å². The Morgan fingerprint density at radius 1 is 1.43 bits per heavy atom. The Morgan fingerprint density at radius 2 is 1.86 bits per heavy atom. The third-order valence-electron chi connectivity index (χ3n) is 1.000. The van der Waals surface area contributed by atoms with Crippen LogP contribution in [0.5, 0.6) is 0 Å². The summed E-state index contributed by atoms with van der Waals surface area (Å²) in [7, 11) is 0. The van der Waals surface area contributed by atoms with Gasteiger partial charge in [0.2, 0.25) is 5.91 Å². The van der Waals surface area contributed by atoms with Crippen molar-refractivity contribution in [3.63, 3.8) is 0 Å². The average Bonchev–Trinajstić information content (AvgIpc) is 2.05. The first kappa shape index (κ1) is 14.7. The molecule has 14 heavy (non-hydrogen) atoms. The Balaban J connectivity index is 0. The molecular formula is C9H17N3O2. The molecule has 0 aliphatic rings. The lowest BCUT2D eigenvalue weighted by Crippen LogP contribution is -2.23. The molecule has 0 fully saturated rings. The Bertz CT molecular complexity index is 222. The minimum atomic E-state index is -0.519. The summed E-state index contributed by atoms with van der Waals surface area (Å²) >= 11 is 0. The van der Waals surface area contributed by atoms with Gasteiger partial charge in [0.15, 0.2) is 0 Å². The van der Waals surface area contributed by atoms with E-state index in [0.717, 1.165) is 6.42 Å². The largest absolute Gasteiger partial charge is 0.366 e. The van der Waals surface area contributed by atoms with Gasteiger partial charge < -0.3 is 16.8 Å². The maximum Gasteiger partial charge on any atom is 0.316 e. The number of rotatable bonds is 3. The van der Waals surface area contributed by atoms with Gasteiger partial charge in [0.25, 0.3) is 0 Å². The smallest absolute Gasteiger partial charge is 0.316 e. The van der Waals surface area contributed by atoms with Gasteiger partial charge >= 0.3 is 6.03 Å². The van der Waals surface area contributed by atoms with Crippen molar-refractivity contribution in [2.45, 2.75) is 20.3 Å². The van der Waals surface area contributed by atoms with E-state index in [1.165, 1.54) is 6.20 Å². The highest BCUT2D eigenvalue weighted by molar-refractivity contribution is 5.90. The second-order valence-corrected chi connectivity index (χ2v) is 2.46. The summed E-state index contributed by atoms with van der Waals surface area (Å²) in [6.45, 7) is 6.82. The Labute approximate surface area is 83.8 Å². The molecule has 0 saturated carbocycles. The number of allylic oxidation sites excluding steroid dienone is 1. The van der Waals surface area contributed by atoms with Crippen molar-refractivity contribution in [1.82, 2.24) is 5.32 Å². The number of urea groups is 1. The molecule has 0 saturated heterocycles. The number of hydrogen-bond acceptors (Lipinski definition) is 2. The Hall–Kier alpha value is -1.78. The summed E-state index contributed by atoms with van der Waals surface area (Å²) in [6, 6.07) is -0.519. The fourth-order valence-corrected chi connectivity index (χ4v) is 0.259. The minimum absolute atomic E-state index is 0.398. The molecule has 0 aromatic heterocycles. The fourth-order valence-electron chi connectivity index (χ4n) is 0.259. The molecule has 0 spiro atoms. The van der Waals surface area contributed by atoms with E-state index in [4.69, 9.17) is 11.5 Å². The van der Waals surface area contributed by atoms with Gasteiger partial charge in [-0.2, -0.15) is 0 Å². The number of carbonyl (C=O) groups is 2. The van der Waals surface area contributed by atoms with Crippen molar-refractivity contribution in [2.24, 2.45) is 11.5 Å². The molecule has 80 valence electrons. The minimum Gasteiger partial charge on any atom is -0.366 e. The predicted molar refractivity (Wildman–Crippen MR) is 56.2 cm³/mol. The fraction of sp³-hybridized carbons (Fsp3) is 0.333. The summed E-state index contributed by atoms with van der Waals surface area (Å²) < 4.78 is 0.